The minimum atomic E-state index is -0.825. The highest BCUT2D eigenvalue weighted by atomic mass is 32.1. The molecular formula is C15H23N3O2S. The average molecular weight is 309 g/mol. The first kappa shape index (κ1) is 15.8. The van der Waals surface area contributed by atoms with Crippen LogP contribution in [-0.2, 0) is 11.2 Å². The molecule has 5 nitrogen and oxygen atoms in total. The van der Waals surface area contributed by atoms with Gasteiger partial charge in [0.05, 0.1) is 0 Å². The molecule has 0 aliphatic heterocycles. The molecule has 1 aromatic heterocycles. The standard InChI is InChI=1S/C15H23N3O2S/c1-10(9-12-6-5-11(2)21-12)17-14(19)15(13(16)18-20)7-3-4-8-15/h5-6,10,20H,3-4,7-9H2,1-2H3,(H2,16,18)(H,17,19). The van der Waals surface area contributed by atoms with Gasteiger partial charge in [-0.2, -0.15) is 0 Å². The predicted molar refractivity (Wildman–Crippen MR) is 84.7 cm³/mol. The van der Waals surface area contributed by atoms with E-state index in [9.17, 15) is 4.79 Å². The molecule has 1 atom stereocenters. The minimum Gasteiger partial charge on any atom is -0.409 e. The van der Waals surface area contributed by atoms with E-state index in [4.69, 9.17) is 10.9 Å². The first-order valence-corrected chi connectivity index (χ1v) is 8.14. The fraction of sp³-hybridized carbons (Fsp3) is 0.600. The fourth-order valence-electron chi connectivity index (χ4n) is 2.98. The number of nitrogens with zero attached hydrogens (tertiary/aromatic N) is 1. The molecule has 2 rings (SSSR count). The Morgan fingerprint density at radius 2 is 2.19 bits per heavy atom. The fourth-order valence-corrected chi connectivity index (χ4v) is 4.00. The van der Waals surface area contributed by atoms with Crippen LogP contribution in [0.1, 0.15) is 42.4 Å². The van der Waals surface area contributed by atoms with Crippen LogP contribution in [0.2, 0.25) is 0 Å². The highest BCUT2D eigenvalue weighted by molar-refractivity contribution is 7.11. The van der Waals surface area contributed by atoms with Crippen molar-refractivity contribution < 1.29 is 10.0 Å². The van der Waals surface area contributed by atoms with Gasteiger partial charge in [0.1, 0.15) is 5.41 Å². The van der Waals surface area contributed by atoms with Crippen molar-refractivity contribution in [3.05, 3.63) is 21.9 Å². The van der Waals surface area contributed by atoms with Gasteiger partial charge >= 0.3 is 0 Å². The zero-order chi connectivity index (χ0) is 15.5. The van der Waals surface area contributed by atoms with Crippen LogP contribution in [-0.4, -0.2) is 23.0 Å². The van der Waals surface area contributed by atoms with Crippen LogP contribution in [0.25, 0.3) is 0 Å². The first-order valence-electron chi connectivity index (χ1n) is 7.32. The lowest BCUT2D eigenvalue weighted by Gasteiger charge is -2.28. The molecule has 1 aliphatic carbocycles. The Labute approximate surface area is 129 Å². The zero-order valence-corrected chi connectivity index (χ0v) is 13.4. The van der Waals surface area contributed by atoms with Gasteiger partial charge < -0.3 is 16.3 Å². The SMILES string of the molecule is Cc1ccc(CC(C)NC(=O)C2(C(N)=NO)CCCC2)s1. The molecule has 1 heterocycles. The molecule has 0 radical (unpaired) electrons. The lowest BCUT2D eigenvalue weighted by Crippen LogP contribution is -2.50. The Balaban J connectivity index is 2.02. The van der Waals surface area contributed by atoms with Gasteiger partial charge in [0.2, 0.25) is 5.91 Å². The number of nitrogens with two attached hydrogens (primary N) is 1. The summed E-state index contributed by atoms with van der Waals surface area (Å²) in [6, 6.07) is 4.21. The Bertz CT molecular complexity index is 533. The molecule has 0 spiro atoms. The summed E-state index contributed by atoms with van der Waals surface area (Å²) >= 11 is 1.75. The van der Waals surface area contributed by atoms with Gasteiger partial charge in [-0.15, -0.1) is 11.3 Å². The summed E-state index contributed by atoms with van der Waals surface area (Å²) in [5.41, 5.74) is 4.96. The van der Waals surface area contributed by atoms with E-state index in [2.05, 4.69) is 29.5 Å². The Kier molecular flexibility index (Phi) is 4.88. The normalized spacial score (nSPS) is 19.4. The number of nitrogens with one attached hydrogen (secondary N) is 1. The number of amidine groups is 1. The van der Waals surface area contributed by atoms with Crippen LogP contribution in [0.4, 0.5) is 0 Å². The van der Waals surface area contributed by atoms with Crippen molar-refractivity contribution in [2.45, 2.75) is 52.0 Å². The number of oxime groups is 1. The second kappa shape index (κ2) is 6.47. The van der Waals surface area contributed by atoms with Gasteiger partial charge in [-0.05, 0) is 38.8 Å². The van der Waals surface area contributed by atoms with Crippen molar-refractivity contribution >= 4 is 23.1 Å². The van der Waals surface area contributed by atoms with E-state index in [0.29, 0.717) is 12.8 Å². The van der Waals surface area contributed by atoms with Gasteiger partial charge in [0.25, 0.3) is 0 Å². The Morgan fingerprint density at radius 1 is 1.52 bits per heavy atom. The van der Waals surface area contributed by atoms with Crippen molar-refractivity contribution in [3.8, 4) is 0 Å². The number of carbonyl (C=O) groups excluding carboxylic acids is 1. The lowest BCUT2D eigenvalue weighted by atomic mass is 9.83. The maximum Gasteiger partial charge on any atom is 0.234 e. The van der Waals surface area contributed by atoms with Crippen LogP contribution in [0.15, 0.2) is 17.3 Å². The van der Waals surface area contributed by atoms with Crippen molar-refractivity contribution in [1.82, 2.24) is 5.32 Å². The first-order chi connectivity index (χ1) is 9.98. The number of aryl methyl sites for hydroxylation is 1. The topological polar surface area (TPSA) is 87.7 Å². The molecule has 1 fully saturated rings. The summed E-state index contributed by atoms with van der Waals surface area (Å²) in [5, 5.41) is 15.1. The van der Waals surface area contributed by atoms with Crippen LogP contribution < -0.4 is 11.1 Å². The second-order valence-corrected chi connectivity index (χ2v) is 7.24. The smallest absolute Gasteiger partial charge is 0.234 e. The summed E-state index contributed by atoms with van der Waals surface area (Å²) in [5.74, 6) is -0.0762. The number of carbonyl (C=O) groups is 1. The minimum absolute atomic E-state index is 0.0273. The molecule has 1 unspecified atom stereocenters. The van der Waals surface area contributed by atoms with Crippen LogP contribution >= 0.6 is 11.3 Å². The Morgan fingerprint density at radius 3 is 2.71 bits per heavy atom. The van der Waals surface area contributed by atoms with Gasteiger partial charge in [-0.25, -0.2) is 0 Å². The van der Waals surface area contributed by atoms with Crippen molar-refractivity contribution in [3.63, 3.8) is 0 Å². The maximum atomic E-state index is 12.6. The molecule has 21 heavy (non-hydrogen) atoms. The van der Waals surface area contributed by atoms with Crippen molar-refractivity contribution in [1.29, 1.82) is 0 Å². The highest BCUT2D eigenvalue weighted by Gasteiger charge is 2.45. The van der Waals surface area contributed by atoms with E-state index in [1.165, 1.54) is 9.75 Å². The number of hydrogen-bond acceptors (Lipinski definition) is 4. The number of hydrogen-bond donors (Lipinski definition) is 3. The Hall–Kier alpha value is -1.56. The third-order valence-electron chi connectivity index (χ3n) is 4.17. The van der Waals surface area contributed by atoms with E-state index in [1.54, 1.807) is 11.3 Å². The quantitative estimate of drug-likeness (QED) is 0.338. The third-order valence-corrected chi connectivity index (χ3v) is 5.19. The lowest BCUT2D eigenvalue weighted by molar-refractivity contribution is -0.128. The van der Waals surface area contributed by atoms with E-state index in [0.717, 1.165) is 19.3 Å². The van der Waals surface area contributed by atoms with E-state index >= 15 is 0 Å². The van der Waals surface area contributed by atoms with E-state index in [1.807, 2.05) is 6.92 Å². The summed E-state index contributed by atoms with van der Waals surface area (Å²) in [4.78, 5) is 15.1. The highest BCUT2D eigenvalue weighted by Crippen LogP contribution is 2.38. The average Bonchev–Trinajstić information content (AvgIpc) is 3.07. The molecule has 1 saturated carbocycles. The number of thiophene rings is 1. The molecule has 1 aromatic rings. The van der Waals surface area contributed by atoms with Crippen molar-refractivity contribution in [2.24, 2.45) is 16.3 Å². The molecule has 0 saturated heterocycles. The molecule has 6 heteroatoms. The summed E-state index contributed by atoms with van der Waals surface area (Å²) in [6.07, 6.45) is 3.97. The molecule has 1 amide bonds. The predicted octanol–water partition coefficient (Wildman–Crippen LogP) is 2.41. The zero-order valence-electron chi connectivity index (χ0n) is 12.6. The molecule has 0 bridgehead atoms. The summed E-state index contributed by atoms with van der Waals surface area (Å²) in [6.45, 7) is 4.06. The second-order valence-electron chi connectivity index (χ2n) is 5.87. The maximum absolute atomic E-state index is 12.6. The molecule has 0 aromatic carbocycles. The van der Waals surface area contributed by atoms with Gasteiger partial charge in [-0.1, -0.05) is 18.0 Å². The van der Waals surface area contributed by atoms with E-state index in [-0.39, 0.29) is 17.8 Å². The largest absolute Gasteiger partial charge is 0.409 e. The van der Waals surface area contributed by atoms with Gasteiger partial charge in [0.15, 0.2) is 5.84 Å². The molecule has 1 aliphatic rings. The molecule has 4 N–H and O–H groups in total. The van der Waals surface area contributed by atoms with Gasteiger partial charge in [0, 0.05) is 22.2 Å². The molecule has 116 valence electrons. The summed E-state index contributed by atoms with van der Waals surface area (Å²) < 4.78 is 0. The summed E-state index contributed by atoms with van der Waals surface area (Å²) in [7, 11) is 0. The number of rotatable bonds is 5. The van der Waals surface area contributed by atoms with Crippen LogP contribution in [0.3, 0.4) is 0 Å². The van der Waals surface area contributed by atoms with Gasteiger partial charge in [-0.3, -0.25) is 4.79 Å². The van der Waals surface area contributed by atoms with Crippen LogP contribution in [0.5, 0.6) is 0 Å². The van der Waals surface area contributed by atoms with E-state index < -0.39 is 5.41 Å². The third kappa shape index (κ3) is 3.37. The number of amides is 1. The van der Waals surface area contributed by atoms with Crippen LogP contribution in [0, 0.1) is 12.3 Å². The monoisotopic (exact) mass is 309 g/mol. The molecular weight excluding hydrogens is 286 g/mol. The van der Waals surface area contributed by atoms with Crippen molar-refractivity contribution in [2.75, 3.05) is 0 Å².